The number of hydrogen-bond acceptors (Lipinski definition) is 6. The summed E-state index contributed by atoms with van der Waals surface area (Å²) >= 11 is 0. The van der Waals surface area contributed by atoms with Gasteiger partial charge in [-0.15, -0.1) is 4.91 Å². The standard InChI is InChI=1S/C8H5N3O4/c1-15-5-2-7(10-12)6(4-9)8(3-5)11(13)14/h2-3H,1H3. The quantitative estimate of drug-likeness (QED) is 0.427. The van der Waals surface area contributed by atoms with E-state index in [1.165, 1.54) is 13.2 Å². The molecule has 0 aliphatic carbocycles. The number of benzene rings is 1. The average molecular weight is 207 g/mol. The Bertz CT molecular complexity index is 464. The molecule has 0 heterocycles. The second-order valence-corrected chi connectivity index (χ2v) is 2.50. The van der Waals surface area contributed by atoms with Crippen molar-refractivity contribution in [3.05, 3.63) is 32.7 Å². The van der Waals surface area contributed by atoms with Crippen molar-refractivity contribution in [2.24, 2.45) is 5.18 Å². The van der Waals surface area contributed by atoms with Crippen LogP contribution in [0.15, 0.2) is 17.3 Å². The number of hydrogen-bond donors (Lipinski definition) is 0. The molecule has 0 N–H and O–H groups in total. The molecule has 1 rings (SSSR count). The molecule has 0 saturated heterocycles. The Balaban J connectivity index is 3.54. The maximum absolute atomic E-state index is 10.6. The lowest BCUT2D eigenvalue weighted by atomic mass is 10.1. The Hall–Kier alpha value is -2.49. The monoisotopic (exact) mass is 207 g/mol. The Morgan fingerprint density at radius 1 is 1.60 bits per heavy atom. The summed E-state index contributed by atoms with van der Waals surface area (Å²) in [4.78, 5) is 20.2. The average Bonchev–Trinajstić information content (AvgIpc) is 2.26. The van der Waals surface area contributed by atoms with Crippen molar-refractivity contribution in [3.63, 3.8) is 0 Å². The summed E-state index contributed by atoms with van der Waals surface area (Å²) in [6.07, 6.45) is 0. The molecule has 0 aromatic heterocycles. The van der Waals surface area contributed by atoms with E-state index in [9.17, 15) is 15.0 Å². The number of methoxy groups -OCH3 is 1. The molecule has 0 aliphatic heterocycles. The van der Waals surface area contributed by atoms with Crippen molar-refractivity contribution in [3.8, 4) is 11.8 Å². The largest absolute Gasteiger partial charge is 0.496 e. The minimum absolute atomic E-state index is 0.107. The van der Waals surface area contributed by atoms with Gasteiger partial charge in [-0.2, -0.15) is 5.26 Å². The number of nitro benzene ring substituents is 1. The molecule has 0 spiro atoms. The van der Waals surface area contributed by atoms with E-state index in [1.54, 1.807) is 6.07 Å². The number of ether oxygens (including phenoxy) is 1. The molecule has 0 fully saturated rings. The Kier molecular flexibility index (Phi) is 2.93. The van der Waals surface area contributed by atoms with Crippen LogP contribution in [0.1, 0.15) is 5.56 Å². The second-order valence-electron chi connectivity index (χ2n) is 2.50. The van der Waals surface area contributed by atoms with Crippen LogP contribution in [0, 0.1) is 26.4 Å². The molecular formula is C8H5N3O4. The van der Waals surface area contributed by atoms with Crippen molar-refractivity contribution in [1.29, 1.82) is 5.26 Å². The first-order chi connectivity index (χ1) is 7.13. The Morgan fingerprint density at radius 3 is 2.67 bits per heavy atom. The number of nitro groups is 1. The summed E-state index contributed by atoms with van der Waals surface area (Å²) in [5, 5.41) is 21.8. The summed E-state index contributed by atoms with van der Waals surface area (Å²) in [7, 11) is 1.29. The van der Waals surface area contributed by atoms with Crippen LogP contribution in [0.4, 0.5) is 11.4 Å². The first-order valence-corrected chi connectivity index (χ1v) is 3.74. The molecule has 1 aromatic carbocycles. The highest BCUT2D eigenvalue weighted by molar-refractivity contribution is 5.66. The Labute approximate surface area is 84.0 Å². The summed E-state index contributed by atoms with van der Waals surface area (Å²) < 4.78 is 4.73. The molecule has 1 aromatic rings. The lowest BCUT2D eigenvalue weighted by Gasteiger charge is -2.01. The molecule has 0 aliphatic rings. The number of nitriles is 1. The van der Waals surface area contributed by atoms with Gasteiger partial charge in [-0.3, -0.25) is 10.1 Å². The van der Waals surface area contributed by atoms with Gasteiger partial charge in [-0.05, 0) is 5.18 Å². The first kappa shape index (κ1) is 10.6. The zero-order valence-corrected chi connectivity index (χ0v) is 7.63. The summed E-state index contributed by atoms with van der Waals surface area (Å²) in [5.74, 6) is 0.107. The van der Waals surface area contributed by atoms with Crippen LogP contribution in [-0.4, -0.2) is 12.0 Å². The first-order valence-electron chi connectivity index (χ1n) is 3.74. The number of nitrogens with zero attached hydrogens (tertiary/aromatic N) is 3. The molecule has 7 nitrogen and oxygen atoms in total. The van der Waals surface area contributed by atoms with Crippen molar-refractivity contribution in [2.45, 2.75) is 0 Å². The molecule has 76 valence electrons. The van der Waals surface area contributed by atoms with Gasteiger partial charge < -0.3 is 4.74 Å². The van der Waals surface area contributed by atoms with Crippen LogP contribution < -0.4 is 4.74 Å². The van der Waals surface area contributed by atoms with Gasteiger partial charge >= 0.3 is 0 Å². The predicted octanol–water partition coefficient (Wildman–Crippen LogP) is 1.87. The second kappa shape index (κ2) is 4.15. The van der Waals surface area contributed by atoms with E-state index < -0.39 is 10.6 Å². The maximum Gasteiger partial charge on any atom is 0.293 e. The van der Waals surface area contributed by atoms with E-state index in [-0.39, 0.29) is 17.0 Å². The smallest absolute Gasteiger partial charge is 0.293 e. The molecule has 0 saturated carbocycles. The molecular weight excluding hydrogens is 202 g/mol. The van der Waals surface area contributed by atoms with Gasteiger partial charge in [0.1, 0.15) is 17.5 Å². The van der Waals surface area contributed by atoms with E-state index in [0.717, 1.165) is 6.07 Å². The Morgan fingerprint density at radius 2 is 2.27 bits per heavy atom. The van der Waals surface area contributed by atoms with Gasteiger partial charge in [-0.1, -0.05) is 0 Å². The van der Waals surface area contributed by atoms with E-state index >= 15 is 0 Å². The number of rotatable bonds is 3. The lowest BCUT2D eigenvalue weighted by Crippen LogP contribution is -1.94. The fourth-order valence-corrected chi connectivity index (χ4v) is 1.04. The van der Waals surface area contributed by atoms with Crippen molar-refractivity contribution in [1.82, 2.24) is 0 Å². The molecule has 0 bridgehead atoms. The number of nitroso groups, excluding NO2 is 1. The van der Waals surface area contributed by atoms with E-state index in [2.05, 4.69) is 5.18 Å². The van der Waals surface area contributed by atoms with Crippen LogP contribution in [0.25, 0.3) is 0 Å². The van der Waals surface area contributed by atoms with Crippen LogP contribution >= 0.6 is 0 Å². The van der Waals surface area contributed by atoms with Crippen LogP contribution in [0.2, 0.25) is 0 Å². The lowest BCUT2D eigenvalue weighted by molar-refractivity contribution is -0.385. The van der Waals surface area contributed by atoms with Crippen LogP contribution in [0.5, 0.6) is 5.75 Å². The highest BCUT2D eigenvalue weighted by Gasteiger charge is 2.20. The van der Waals surface area contributed by atoms with Gasteiger partial charge in [0.15, 0.2) is 5.56 Å². The summed E-state index contributed by atoms with van der Waals surface area (Å²) in [6, 6.07) is 3.78. The summed E-state index contributed by atoms with van der Waals surface area (Å²) in [6.45, 7) is 0. The zero-order chi connectivity index (χ0) is 11.4. The minimum atomic E-state index is -0.768. The topological polar surface area (TPSA) is 106 Å². The molecule has 0 amide bonds. The minimum Gasteiger partial charge on any atom is -0.496 e. The molecule has 0 radical (unpaired) electrons. The summed E-state index contributed by atoms with van der Waals surface area (Å²) in [5.41, 5.74) is -1.16. The van der Waals surface area contributed by atoms with Crippen molar-refractivity contribution in [2.75, 3.05) is 7.11 Å². The molecule has 0 atom stereocenters. The van der Waals surface area contributed by atoms with Gasteiger partial charge in [0.25, 0.3) is 5.69 Å². The highest BCUT2D eigenvalue weighted by atomic mass is 16.6. The highest BCUT2D eigenvalue weighted by Crippen LogP contribution is 2.33. The van der Waals surface area contributed by atoms with Crippen molar-refractivity contribution >= 4 is 11.4 Å². The third-order valence-corrected chi connectivity index (χ3v) is 1.71. The predicted molar refractivity (Wildman–Crippen MR) is 49.8 cm³/mol. The SMILES string of the molecule is COc1cc(N=O)c(C#N)c([N+](=O)[O-])c1. The van der Waals surface area contributed by atoms with Crippen LogP contribution in [0.3, 0.4) is 0 Å². The van der Waals surface area contributed by atoms with E-state index in [4.69, 9.17) is 10.00 Å². The third kappa shape index (κ3) is 1.88. The fraction of sp³-hybridized carbons (Fsp3) is 0.125. The molecule has 7 heteroatoms. The van der Waals surface area contributed by atoms with E-state index in [0.29, 0.717) is 0 Å². The molecule has 0 unspecified atom stereocenters. The normalized spacial score (nSPS) is 9.07. The van der Waals surface area contributed by atoms with Gasteiger partial charge in [0.05, 0.1) is 18.1 Å². The fourth-order valence-electron chi connectivity index (χ4n) is 1.04. The van der Waals surface area contributed by atoms with Crippen molar-refractivity contribution < 1.29 is 9.66 Å². The zero-order valence-electron chi connectivity index (χ0n) is 7.63. The van der Waals surface area contributed by atoms with Gasteiger partial charge in [-0.25, -0.2) is 0 Å². The van der Waals surface area contributed by atoms with Gasteiger partial charge in [0, 0.05) is 6.07 Å². The van der Waals surface area contributed by atoms with Crippen LogP contribution in [-0.2, 0) is 0 Å². The van der Waals surface area contributed by atoms with E-state index in [1.807, 2.05) is 0 Å². The maximum atomic E-state index is 10.6. The third-order valence-electron chi connectivity index (χ3n) is 1.71. The molecule has 15 heavy (non-hydrogen) atoms. The van der Waals surface area contributed by atoms with Gasteiger partial charge in [0.2, 0.25) is 0 Å².